The molecule has 2 heteroatoms. The highest BCUT2D eigenvalue weighted by Crippen LogP contribution is 2.65. The number of carboxylic acid groups (broad SMARTS) is 1. The summed E-state index contributed by atoms with van der Waals surface area (Å²) >= 11 is 0. The minimum absolute atomic E-state index is 0.207. The second-order valence-corrected chi connectivity index (χ2v) is 7.95. The van der Waals surface area contributed by atoms with Gasteiger partial charge in [-0.25, -0.2) is 4.79 Å². The van der Waals surface area contributed by atoms with Gasteiger partial charge in [0, 0.05) is 0 Å². The Morgan fingerprint density at radius 1 is 1.00 bits per heavy atom. The average molecular weight is 296 g/mol. The van der Waals surface area contributed by atoms with E-state index in [9.17, 15) is 4.79 Å². The van der Waals surface area contributed by atoms with Crippen LogP contribution in [0, 0.1) is 29.1 Å². The highest BCUT2D eigenvalue weighted by molar-refractivity contribution is 5.88. The highest BCUT2D eigenvalue weighted by atomic mass is 16.4. The lowest BCUT2D eigenvalue weighted by Gasteiger charge is -2.61. The number of hydrogen-bond acceptors (Lipinski definition) is 1. The number of rotatable bonds is 3. The Hall–Kier alpha value is -1.57. The maximum atomic E-state index is 11.0. The Bertz CT molecular complexity index is 598. The fraction of sp³-hybridized carbons (Fsp3) is 0.550. The van der Waals surface area contributed by atoms with E-state index in [1.807, 2.05) is 12.1 Å². The first-order valence-corrected chi connectivity index (χ1v) is 8.51. The van der Waals surface area contributed by atoms with E-state index in [-0.39, 0.29) is 5.41 Å². The van der Waals surface area contributed by atoms with Crippen LogP contribution in [0.2, 0.25) is 0 Å². The van der Waals surface area contributed by atoms with Gasteiger partial charge in [0.25, 0.3) is 0 Å². The summed E-state index contributed by atoms with van der Waals surface area (Å²) in [5, 5.41) is 9.06. The molecule has 22 heavy (non-hydrogen) atoms. The quantitative estimate of drug-likeness (QED) is 0.864. The van der Waals surface area contributed by atoms with E-state index in [1.54, 1.807) is 12.1 Å². The molecular weight excluding hydrogens is 272 g/mol. The molecule has 1 aromatic rings. The van der Waals surface area contributed by atoms with Crippen molar-refractivity contribution in [3.8, 4) is 0 Å². The second-order valence-electron chi connectivity index (χ2n) is 7.95. The topological polar surface area (TPSA) is 37.3 Å². The molecule has 4 saturated carbocycles. The molecule has 1 N–H and O–H groups in total. The maximum Gasteiger partial charge on any atom is 0.335 e. The monoisotopic (exact) mass is 296 g/mol. The fourth-order valence-corrected chi connectivity index (χ4v) is 5.78. The van der Waals surface area contributed by atoms with Gasteiger partial charge in [0.2, 0.25) is 0 Å². The van der Waals surface area contributed by atoms with E-state index >= 15 is 0 Å². The van der Waals surface area contributed by atoms with Gasteiger partial charge in [0.15, 0.2) is 0 Å². The number of carboxylic acids is 1. The van der Waals surface area contributed by atoms with Gasteiger partial charge >= 0.3 is 5.97 Å². The Morgan fingerprint density at radius 3 is 1.91 bits per heavy atom. The first-order valence-electron chi connectivity index (χ1n) is 8.51. The van der Waals surface area contributed by atoms with Crippen molar-refractivity contribution in [1.82, 2.24) is 0 Å². The van der Waals surface area contributed by atoms with Crippen LogP contribution >= 0.6 is 0 Å². The lowest BCUT2D eigenvalue weighted by atomic mass is 9.44. The Balaban J connectivity index is 1.65. The molecule has 0 heterocycles. The predicted octanol–water partition coefficient (Wildman–Crippen LogP) is 4.86. The summed E-state index contributed by atoms with van der Waals surface area (Å²) in [6, 6.07) is 7.31. The van der Waals surface area contributed by atoms with Crippen LogP contribution < -0.4 is 0 Å². The van der Waals surface area contributed by atoms with Crippen LogP contribution in [0.5, 0.6) is 0 Å². The molecule has 0 saturated heterocycles. The van der Waals surface area contributed by atoms with Crippen LogP contribution in [0.25, 0.3) is 5.57 Å². The Kier molecular flexibility index (Phi) is 3.01. The van der Waals surface area contributed by atoms with Crippen LogP contribution in [0.4, 0.5) is 0 Å². The van der Waals surface area contributed by atoms with Gasteiger partial charge < -0.3 is 5.11 Å². The van der Waals surface area contributed by atoms with Gasteiger partial charge in [0.1, 0.15) is 0 Å². The van der Waals surface area contributed by atoms with E-state index in [4.69, 9.17) is 5.11 Å². The summed E-state index contributed by atoms with van der Waals surface area (Å²) in [6.07, 6.45) is 6.94. The smallest absolute Gasteiger partial charge is 0.335 e. The Morgan fingerprint density at radius 2 is 1.45 bits per heavy atom. The number of allylic oxidation sites excluding steroid dienone is 1. The van der Waals surface area contributed by atoms with Crippen LogP contribution in [0.15, 0.2) is 30.8 Å². The molecule has 0 atom stereocenters. The fourth-order valence-electron chi connectivity index (χ4n) is 5.78. The molecule has 2 nitrogen and oxygen atoms in total. The third-order valence-electron chi connectivity index (χ3n) is 6.96. The molecular formula is C20H24O2. The normalized spacial score (nSPS) is 39.0. The van der Waals surface area contributed by atoms with E-state index in [0.717, 1.165) is 29.2 Å². The third-order valence-corrected chi connectivity index (χ3v) is 6.96. The minimum Gasteiger partial charge on any atom is -0.478 e. The van der Waals surface area contributed by atoms with Gasteiger partial charge in [-0.1, -0.05) is 25.6 Å². The first kappa shape index (κ1) is 14.0. The zero-order valence-electron chi connectivity index (χ0n) is 13.2. The van der Waals surface area contributed by atoms with Crippen molar-refractivity contribution in [2.75, 3.05) is 0 Å². The molecule has 0 aliphatic heterocycles. The average Bonchev–Trinajstić information content (AvgIpc) is 2.51. The SMILES string of the molecule is C=C(c1ccc(C(=O)O)cc1)C1(C)C2CC3CC(C2)CC1C3. The number of benzene rings is 1. The molecule has 0 spiro atoms. The summed E-state index contributed by atoms with van der Waals surface area (Å²) in [5.74, 6) is 2.60. The largest absolute Gasteiger partial charge is 0.478 e. The molecule has 5 rings (SSSR count). The zero-order valence-corrected chi connectivity index (χ0v) is 13.2. The molecule has 4 bridgehead atoms. The molecule has 4 aliphatic rings. The van der Waals surface area contributed by atoms with Crippen LogP contribution in [-0.4, -0.2) is 11.1 Å². The standard InChI is InChI=1S/C20H24O2/c1-12(15-3-5-16(6-4-15)19(21)22)20(2)17-8-13-7-14(10-17)11-18(20)9-13/h3-6,13-14,17-18H,1,7-11H2,2H3,(H,21,22). The lowest BCUT2D eigenvalue weighted by Crippen LogP contribution is -2.51. The van der Waals surface area contributed by atoms with Crippen LogP contribution in [0.3, 0.4) is 0 Å². The van der Waals surface area contributed by atoms with Crippen molar-refractivity contribution in [3.63, 3.8) is 0 Å². The Labute approximate surface area is 132 Å². The predicted molar refractivity (Wildman–Crippen MR) is 87.6 cm³/mol. The minimum atomic E-state index is -0.863. The van der Waals surface area contributed by atoms with Gasteiger partial charge in [-0.15, -0.1) is 0 Å². The molecule has 0 amide bonds. The summed E-state index contributed by atoms with van der Waals surface area (Å²) in [5.41, 5.74) is 2.92. The van der Waals surface area contributed by atoms with Crippen LogP contribution in [-0.2, 0) is 0 Å². The molecule has 0 radical (unpaired) electrons. The molecule has 0 unspecified atom stereocenters. The van der Waals surface area contributed by atoms with Gasteiger partial charge in [-0.2, -0.15) is 0 Å². The van der Waals surface area contributed by atoms with Gasteiger partial charge in [-0.05, 0) is 84.5 Å². The van der Waals surface area contributed by atoms with Gasteiger partial charge in [0.05, 0.1) is 5.56 Å². The van der Waals surface area contributed by atoms with Gasteiger partial charge in [-0.3, -0.25) is 0 Å². The summed E-state index contributed by atoms with van der Waals surface area (Å²) in [4.78, 5) is 11.0. The van der Waals surface area contributed by atoms with Crippen molar-refractivity contribution in [3.05, 3.63) is 42.0 Å². The van der Waals surface area contributed by atoms with Crippen molar-refractivity contribution < 1.29 is 9.90 Å². The van der Waals surface area contributed by atoms with Crippen molar-refractivity contribution >= 4 is 11.5 Å². The van der Waals surface area contributed by atoms with E-state index in [0.29, 0.717) is 5.56 Å². The van der Waals surface area contributed by atoms with E-state index in [2.05, 4.69) is 13.5 Å². The first-order chi connectivity index (χ1) is 10.5. The maximum absolute atomic E-state index is 11.0. The molecule has 0 aromatic heterocycles. The molecule has 116 valence electrons. The molecule has 4 fully saturated rings. The molecule has 1 aromatic carbocycles. The number of hydrogen-bond donors (Lipinski definition) is 1. The van der Waals surface area contributed by atoms with Crippen molar-refractivity contribution in [1.29, 1.82) is 0 Å². The number of aromatic carboxylic acids is 1. The number of carbonyl (C=O) groups is 1. The highest BCUT2D eigenvalue weighted by Gasteiger charge is 2.55. The lowest BCUT2D eigenvalue weighted by molar-refractivity contribution is -0.0649. The van der Waals surface area contributed by atoms with E-state index < -0.39 is 5.97 Å². The summed E-state index contributed by atoms with van der Waals surface area (Å²) in [6.45, 7) is 6.89. The third kappa shape index (κ3) is 1.89. The molecule has 4 aliphatic carbocycles. The summed E-state index contributed by atoms with van der Waals surface area (Å²) < 4.78 is 0. The van der Waals surface area contributed by atoms with Crippen molar-refractivity contribution in [2.24, 2.45) is 29.1 Å². The van der Waals surface area contributed by atoms with E-state index in [1.165, 1.54) is 37.7 Å². The zero-order chi connectivity index (χ0) is 15.5. The second kappa shape index (κ2) is 4.71. The summed E-state index contributed by atoms with van der Waals surface area (Å²) in [7, 11) is 0. The van der Waals surface area contributed by atoms with Crippen LogP contribution in [0.1, 0.15) is 54.9 Å². The van der Waals surface area contributed by atoms with Crippen molar-refractivity contribution in [2.45, 2.75) is 39.0 Å².